The van der Waals surface area contributed by atoms with E-state index in [9.17, 15) is 4.79 Å². The van der Waals surface area contributed by atoms with E-state index in [0.717, 1.165) is 32.4 Å². The van der Waals surface area contributed by atoms with Gasteiger partial charge in [-0.05, 0) is 86.8 Å². The van der Waals surface area contributed by atoms with Crippen molar-refractivity contribution in [2.24, 2.45) is 11.3 Å². The molecule has 2 N–H and O–H groups in total. The largest absolute Gasteiger partial charge is 0.353 e. The number of carbonyl (C=O) groups excluding carboxylic acids is 1. The van der Waals surface area contributed by atoms with E-state index in [0.29, 0.717) is 29.2 Å². The molecular weight excluding hydrogens is 332 g/mol. The standard InChI is InChI=1S/C24H36N2O/c1-23-12-5-13-24(18-23,20-6-3-2-4-7-20)17-19(16-23)8-9-22(27)26-21-10-14-25-15-11-21/h2-4,6-7,19,21,25H,5,8-18H2,1H3,(H,26,27)/t19?,23-,24-/m0/s1. The van der Waals surface area contributed by atoms with Crippen molar-refractivity contribution in [2.75, 3.05) is 13.1 Å². The second-order valence-electron chi connectivity index (χ2n) is 9.89. The Kier molecular flexibility index (Phi) is 5.59. The highest BCUT2D eigenvalue weighted by atomic mass is 16.1. The molecule has 1 aromatic rings. The minimum Gasteiger partial charge on any atom is -0.353 e. The summed E-state index contributed by atoms with van der Waals surface area (Å²) in [5.41, 5.74) is 2.35. The molecule has 1 aromatic carbocycles. The van der Waals surface area contributed by atoms with Gasteiger partial charge in [0.2, 0.25) is 5.91 Å². The van der Waals surface area contributed by atoms with Gasteiger partial charge in [-0.3, -0.25) is 4.79 Å². The highest BCUT2D eigenvalue weighted by Gasteiger charge is 2.49. The summed E-state index contributed by atoms with van der Waals surface area (Å²) in [6.45, 7) is 4.57. The summed E-state index contributed by atoms with van der Waals surface area (Å²) in [7, 11) is 0. The number of nitrogens with one attached hydrogen (secondary N) is 2. The molecule has 1 saturated heterocycles. The quantitative estimate of drug-likeness (QED) is 0.800. The zero-order valence-electron chi connectivity index (χ0n) is 16.9. The molecule has 1 amide bonds. The van der Waals surface area contributed by atoms with Crippen LogP contribution in [0, 0.1) is 11.3 Å². The monoisotopic (exact) mass is 368 g/mol. The Morgan fingerprint density at radius 2 is 1.93 bits per heavy atom. The van der Waals surface area contributed by atoms with E-state index < -0.39 is 0 Å². The summed E-state index contributed by atoms with van der Waals surface area (Å²) < 4.78 is 0. The fourth-order valence-electron chi connectivity index (χ4n) is 6.48. The van der Waals surface area contributed by atoms with Crippen molar-refractivity contribution in [3.63, 3.8) is 0 Å². The number of fused-ring (bicyclic) bond motifs is 2. The minimum absolute atomic E-state index is 0.275. The normalized spacial score (nSPS) is 34.2. The van der Waals surface area contributed by atoms with Crippen LogP contribution < -0.4 is 10.6 Å². The van der Waals surface area contributed by atoms with Gasteiger partial charge in [0.15, 0.2) is 0 Å². The van der Waals surface area contributed by atoms with Gasteiger partial charge in [0.25, 0.3) is 0 Å². The lowest BCUT2D eigenvalue weighted by Gasteiger charge is -2.54. The van der Waals surface area contributed by atoms with E-state index in [4.69, 9.17) is 0 Å². The second-order valence-corrected chi connectivity index (χ2v) is 9.89. The molecule has 4 rings (SSSR count). The third kappa shape index (κ3) is 4.39. The lowest BCUT2D eigenvalue weighted by Crippen LogP contribution is -2.46. The summed E-state index contributed by atoms with van der Waals surface area (Å²) in [4.78, 5) is 12.5. The van der Waals surface area contributed by atoms with Crippen LogP contribution in [0.2, 0.25) is 0 Å². The Hall–Kier alpha value is -1.35. The maximum Gasteiger partial charge on any atom is 0.220 e. The molecule has 2 bridgehead atoms. The molecule has 27 heavy (non-hydrogen) atoms. The van der Waals surface area contributed by atoms with Crippen LogP contribution in [0.15, 0.2) is 30.3 Å². The molecule has 0 spiro atoms. The van der Waals surface area contributed by atoms with Crippen LogP contribution in [0.3, 0.4) is 0 Å². The molecule has 1 heterocycles. The molecular formula is C24H36N2O. The van der Waals surface area contributed by atoms with Crippen LogP contribution in [-0.4, -0.2) is 25.0 Å². The first-order valence-corrected chi connectivity index (χ1v) is 11.1. The summed E-state index contributed by atoms with van der Waals surface area (Å²) in [6, 6.07) is 11.6. The number of rotatable bonds is 5. The fraction of sp³-hybridized carbons (Fsp3) is 0.708. The highest BCUT2D eigenvalue weighted by molar-refractivity contribution is 5.76. The van der Waals surface area contributed by atoms with E-state index in [1.54, 1.807) is 5.56 Å². The molecule has 0 aromatic heterocycles. The van der Waals surface area contributed by atoms with Gasteiger partial charge in [0.05, 0.1) is 0 Å². The third-order valence-corrected chi connectivity index (χ3v) is 7.53. The van der Waals surface area contributed by atoms with Crippen LogP contribution in [0.1, 0.15) is 76.7 Å². The molecule has 1 unspecified atom stereocenters. The Balaban J connectivity index is 1.39. The molecule has 2 aliphatic carbocycles. The molecule has 3 nitrogen and oxygen atoms in total. The summed E-state index contributed by atoms with van der Waals surface area (Å²) >= 11 is 0. The lowest BCUT2D eigenvalue weighted by molar-refractivity contribution is -0.122. The first kappa shape index (κ1) is 19.0. The lowest BCUT2D eigenvalue weighted by atomic mass is 9.50. The molecule has 3 aliphatic rings. The average molecular weight is 369 g/mol. The summed E-state index contributed by atoms with van der Waals surface area (Å²) in [5, 5.41) is 6.65. The summed E-state index contributed by atoms with van der Waals surface area (Å²) in [6.07, 6.45) is 11.9. The average Bonchev–Trinajstić information content (AvgIpc) is 2.67. The number of hydrogen-bond acceptors (Lipinski definition) is 2. The first-order valence-electron chi connectivity index (χ1n) is 11.1. The van der Waals surface area contributed by atoms with Gasteiger partial charge in [0.1, 0.15) is 0 Å². The van der Waals surface area contributed by atoms with Crippen LogP contribution in [0.4, 0.5) is 0 Å². The van der Waals surface area contributed by atoms with E-state index in [2.05, 4.69) is 47.9 Å². The van der Waals surface area contributed by atoms with Crippen LogP contribution >= 0.6 is 0 Å². The Morgan fingerprint density at radius 3 is 2.70 bits per heavy atom. The van der Waals surface area contributed by atoms with Crippen LogP contribution in [0.5, 0.6) is 0 Å². The third-order valence-electron chi connectivity index (χ3n) is 7.53. The van der Waals surface area contributed by atoms with Gasteiger partial charge in [0, 0.05) is 12.5 Å². The molecule has 148 valence electrons. The smallest absolute Gasteiger partial charge is 0.220 e. The van der Waals surface area contributed by atoms with Crippen molar-refractivity contribution >= 4 is 5.91 Å². The molecule has 0 radical (unpaired) electrons. The fourth-order valence-corrected chi connectivity index (χ4v) is 6.48. The van der Waals surface area contributed by atoms with Crippen molar-refractivity contribution in [3.8, 4) is 0 Å². The summed E-state index contributed by atoms with van der Waals surface area (Å²) in [5.74, 6) is 0.958. The molecule has 3 atom stereocenters. The van der Waals surface area contributed by atoms with E-state index in [1.165, 1.54) is 38.5 Å². The Morgan fingerprint density at radius 1 is 1.15 bits per heavy atom. The zero-order chi connectivity index (χ0) is 18.7. The number of hydrogen-bond donors (Lipinski definition) is 2. The van der Waals surface area contributed by atoms with Gasteiger partial charge in [-0.25, -0.2) is 0 Å². The second kappa shape index (κ2) is 7.95. The maximum atomic E-state index is 12.5. The van der Waals surface area contributed by atoms with Crippen molar-refractivity contribution in [3.05, 3.63) is 35.9 Å². The number of benzene rings is 1. The van der Waals surface area contributed by atoms with Crippen molar-refractivity contribution in [2.45, 2.75) is 82.6 Å². The molecule has 2 saturated carbocycles. The first-order chi connectivity index (χ1) is 13.1. The zero-order valence-corrected chi connectivity index (χ0v) is 16.9. The predicted molar refractivity (Wildman–Crippen MR) is 111 cm³/mol. The van der Waals surface area contributed by atoms with Gasteiger partial charge in [-0.2, -0.15) is 0 Å². The van der Waals surface area contributed by atoms with Crippen LogP contribution in [0.25, 0.3) is 0 Å². The van der Waals surface area contributed by atoms with E-state index >= 15 is 0 Å². The Labute approximate surface area is 164 Å². The van der Waals surface area contributed by atoms with Crippen molar-refractivity contribution in [1.29, 1.82) is 0 Å². The van der Waals surface area contributed by atoms with Gasteiger partial charge in [-0.1, -0.05) is 43.7 Å². The number of piperidine rings is 1. The predicted octanol–water partition coefficient (Wildman–Crippen LogP) is 4.56. The van der Waals surface area contributed by atoms with Gasteiger partial charge >= 0.3 is 0 Å². The minimum atomic E-state index is 0.275. The SMILES string of the molecule is C[C@]12CCC[C@](c3ccccc3)(CC(CCC(=O)NC3CCNCC3)C1)C2. The van der Waals surface area contributed by atoms with Gasteiger partial charge in [-0.15, -0.1) is 0 Å². The van der Waals surface area contributed by atoms with E-state index in [-0.39, 0.29) is 5.91 Å². The van der Waals surface area contributed by atoms with Crippen LogP contribution in [-0.2, 0) is 10.2 Å². The number of carbonyl (C=O) groups is 1. The van der Waals surface area contributed by atoms with E-state index in [1.807, 2.05) is 0 Å². The van der Waals surface area contributed by atoms with Gasteiger partial charge < -0.3 is 10.6 Å². The molecule has 1 aliphatic heterocycles. The molecule has 3 heteroatoms. The maximum absolute atomic E-state index is 12.5. The van der Waals surface area contributed by atoms with Crippen molar-refractivity contribution < 1.29 is 4.79 Å². The number of amides is 1. The molecule has 3 fully saturated rings. The van der Waals surface area contributed by atoms with Crippen molar-refractivity contribution in [1.82, 2.24) is 10.6 Å². The highest BCUT2D eigenvalue weighted by Crippen LogP contribution is 2.58. The Bertz CT molecular complexity index is 639. The topological polar surface area (TPSA) is 41.1 Å².